The fraction of sp³-hybridized carbons (Fsp3) is 0.667. The lowest BCUT2D eigenvalue weighted by Gasteiger charge is -2.48. The number of hydrogen-bond donors (Lipinski definition) is 1. The van der Waals surface area contributed by atoms with E-state index in [-0.39, 0.29) is 5.41 Å². The van der Waals surface area contributed by atoms with Crippen molar-refractivity contribution in [2.45, 2.75) is 57.9 Å². The first-order chi connectivity index (χ1) is 11.4. The molecule has 3 aliphatic rings. The Morgan fingerprint density at radius 1 is 1.21 bits per heavy atom. The van der Waals surface area contributed by atoms with Crippen LogP contribution in [0.3, 0.4) is 0 Å². The summed E-state index contributed by atoms with van der Waals surface area (Å²) in [6.07, 6.45) is 6.28. The average Bonchev–Trinajstić information content (AvgIpc) is 2.83. The zero-order valence-electron chi connectivity index (χ0n) is 15.1. The van der Waals surface area contributed by atoms with Crippen molar-refractivity contribution in [3.63, 3.8) is 0 Å². The van der Waals surface area contributed by atoms with Crippen molar-refractivity contribution >= 4 is 5.78 Å². The summed E-state index contributed by atoms with van der Waals surface area (Å²) < 4.78 is 0. The molecule has 0 heterocycles. The van der Waals surface area contributed by atoms with Crippen molar-refractivity contribution in [1.82, 2.24) is 4.90 Å². The molecule has 1 N–H and O–H groups in total. The molecule has 3 heteroatoms. The molecule has 0 radical (unpaired) electrons. The number of carbonyl (C=O) groups is 1. The highest BCUT2D eigenvalue weighted by molar-refractivity contribution is 5.87. The van der Waals surface area contributed by atoms with Crippen molar-refractivity contribution < 1.29 is 9.90 Å². The zero-order chi connectivity index (χ0) is 17.1. The SMILES string of the molecule is CN(C)Cc1cc2c(cc1O)CC[C@H]1[C@@H]2CC[C@]2(C)C(=O)CC[C@@H]12. The predicted molar refractivity (Wildman–Crippen MR) is 95.1 cm³/mol. The van der Waals surface area contributed by atoms with Crippen molar-refractivity contribution in [2.75, 3.05) is 14.1 Å². The van der Waals surface area contributed by atoms with Gasteiger partial charge in [0.2, 0.25) is 0 Å². The minimum absolute atomic E-state index is 0.0535. The molecule has 0 aromatic heterocycles. The summed E-state index contributed by atoms with van der Waals surface area (Å²) in [7, 11) is 4.08. The normalized spacial score (nSPS) is 34.8. The highest BCUT2D eigenvalue weighted by Crippen LogP contribution is 2.59. The molecule has 4 atom stereocenters. The Morgan fingerprint density at radius 2 is 2.00 bits per heavy atom. The molecule has 2 saturated carbocycles. The van der Waals surface area contributed by atoms with Gasteiger partial charge in [-0.1, -0.05) is 13.0 Å². The third kappa shape index (κ3) is 2.32. The monoisotopic (exact) mass is 327 g/mol. The average molecular weight is 327 g/mol. The number of fused-ring (bicyclic) bond motifs is 5. The molecule has 3 nitrogen and oxygen atoms in total. The van der Waals surface area contributed by atoms with Crippen molar-refractivity contribution in [1.29, 1.82) is 0 Å². The van der Waals surface area contributed by atoms with E-state index in [4.69, 9.17) is 0 Å². The fourth-order valence-electron chi connectivity index (χ4n) is 5.89. The standard InChI is InChI=1S/C21H29NO2/c1-21-9-8-15-16(18(21)6-7-20(21)24)5-4-13-11-19(23)14(10-17(13)15)12-22(2)3/h10-11,15-16,18,23H,4-9,12H2,1-3H3/t15-,16-,18-,21-/m0/s1. The van der Waals surface area contributed by atoms with Crippen LogP contribution in [0.4, 0.5) is 0 Å². The molecule has 0 bridgehead atoms. The summed E-state index contributed by atoms with van der Waals surface area (Å²) in [5.74, 6) is 2.76. The van der Waals surface area contributed by atoms with Gasteiger partial charge in [-0.3, -0.25) is 4.79 Å². The van der Waals surface area contributed by atoms with Gasteiger partial charge in [0.15, 0.2) is 0 Å². The Hall–Kier alpha value is -1.35. The number of aryl methyl sites for hydroxylation is 1. The molecule has 0 aliphatic heterocycles. The van der Waals surface area contributed by atoms with Crippen molar-refractivity contribution in [2.24, 2.45) is 17.3 Å². The molecule has 3 aliphatic carbocycles. The fourth-order valence-corrected chi connectivity index (χ4v) is 5.89. The number of nitrogens with zero attached hydrogens (tertiary/aromatic N) is 1. The summed E-state index contributed by atoms with van der Waals surface area (Å²) in [5, 5.41) is 10.4. The largest absolute Gasteiger partial charge is 0.508 e. The van der Waals surface area contributed by atoms with E-state index in [0.29, 0.717) is 29.3 Å². The number of ketones is 1. The lowest BCUT2D eigenvalue weighted by molar-refractivity contribution is -0.129. The number of aromatic hydroxyl groups is 1. The number of rotatable bonds is 2. The van der Waals surface area contributed by atoms with E-state index in [1.807, 2.05) is 20.2 Å². The number of phenols is 1. The van der Waals surface area contributed by atoms with Crippen LogP contribution < -0.4 is 0 Å². The molecule has 1 aromatic rings. The van der Waals surface area contributed by atoms with E-state index in [0.717, 1.165) is 44.2 Å². The van der Waals surface area contributed by atoms with E-state index in [1.54, 1.807) is 0 Å². The van der Waals surface area contributed by atoms with Crippen LogP contribution in [-0.4, -0.2) is 29.9 Å². The maximum atomic E-state index is 12.4. The molecular formula is C21H29NO2. The Balaban J connectivity index is 1.70. The van der Waals surface area contributed by atoms with Gasteiger partial charge >= 0.3 is 0 Å². The second-order valence-electron chi connectivity index (χ2n) is 8.75. The summed E-state index contributed by atoms with van der Waals surface area (Å²) in [6.45, 7) is 3.00. The van der Waals surface area contributed by atoms with E-state index in [1.165, 1.54) is 17.5 Å². The Labute approximate surface area is 145 Å². The van der Waals surface area contributed by atoms with Gasteiger partial charge in [-0.15, -0.1) is 0 Å². The molecular weight excluding hydrogens is 298 g/mol. The van der Waals surface area contributed by atoms with Gasteiger partial charge in [0.05, 0.1) is 0 Å². The predicted octanol–water partition coefficient (Wildman–Crippen LogP) is 3.88. The van der Waals surface area contributed by atoms with Crippen LogP contribution in [0, 0.1) is 17.3 Å². The Bertz CT molecular complexity index is 681. The summed E-state index contributed by atoms with van der Waals surface area (Å²) in [4.78, 5) is 14.5. The van der Waals surface area contributed by atoms with Gasteiger partial charge in [0.25, 0.3) is 0 Å². The van der Waals surface area contributed by atoms with Crippen LogP contribution in [0.15, 0.2) is 12.1 Å². The molecule has 0 unspecified atom stereocenters. The summed E-state index contributed by atoms with van der Waals surface area (Å²) >= 11 is 0. The van der Waals surface area contributed by atoms with Gasteiger partial charge in [0.1, 0.15) is 11.5 Å². The quantitative estimate of drug-likeness (QED) is 0.896. The zero-order valence-corrected chi connectivity index (χ0v) is 15.1. The first kappa shape index (κ1) is 16.1. The van der Waals surface area contributed by atoms with E-state index in [9.17, 15) is 9.90 Å². The van der Waals surface area contributed by atoms with Crippen LogP contribution >= 0.6 is 0 Å². The molecule has 24 heavy (non-hydrogen) atoms. The lowest BCUT2D eigenvalue weighted by atomic mass is 9.55. The summed E-state index contributed by atoms with van der Waals surface area (Å²) in [6, 6.07) is 4.28. The van der Waals surface area contributed by atoms with Gasteiger partial charge < -0.3 is 10.0 Å². The molecule has 1 aromatic carbocycles. The highest BCUT2D eigenvalue weighted by atomic mass is 16.3. The lowest BCUT2D eigenvalue weighted by Crippen LogP contribution is -2.42. The summed E-state index contributed by atoms with van der Waals surface area (Å²) in [5.41, 5.74) is 3.78. The minimum Gasteiger partial charge on any atom is -0.508 e. The molecule has 2 fully saturated rings. The van der Waals surface area contributed by atoms with Crippen LogP contribution in [-0.2, 0) is 17.8 Å². The minimum atomic E-state index is -0.0535. The molecule has 4 rings (SSSR count). The van der Waals surface area contributed by atoms with Gasteiger partial charge in [-0.05, 0) is 81.1 Å². The second-order valence-corrected chi connectivity index (χ2v) is 8.75. The van der Waals surface area contributed by atoms with Crippen LogP contribution in [0.2, 0.25) is 0 Å². The smallest absolute Gasteiger partial charge is 0.139 e. The molecule has 130 valence electrons. The van der Waals surface area contributed by atoms with Gasteiger partial charge in [-0.2, -0.15) is 0 Å². The van der Waals surface area contributed by atoms with Gasteiger partial charge in [-0.25, -0.2) is 0 Å². The van der Waals surface area contributed by atoms with Gasteiger partial charge in [0, 0.05) is 23.9 Å². The van der Waals surface area contributed by atoms with E-state index >= 15 is 0 Å². The third-order valence-electron chi connectivity index (χ3n) is 7.12. The number of Topliss-reactive ketones (excluding diaryl/α,β-unsaturated/α-hetero) is 1. The first-order valence-electron chi connectivity index (χ1n) is 9.43. The van der Waals surface area contributed by atoms with E-state index < -0.39 is 0 Å². The van der Waals surface area contributed by atoms with Crippen LogP contribution in [0.25, 0.3) is 0 Å². The van der Waals surface area contributed by atoms with Crippen molar-refractivity contribution in [3.05, 3.63) is 28.8 Å². The molecule has 0 spiro atoms. The van der Waals surface area contributed by atoms with E-state index in [2.05, 4.69) is 17.9 Å². The maximum absolute atomic E-state index is 12.4. The maximum Gasteiger partial charge on any atom is 0.139 e. The number of benzene rings is 1. The number of hydrogen-bond acceptors (Lipinski definition) is 3. The van der Waals surface area contributed by atoms with Crippen LogP contribution in [0.1, 0.15) is 61.6 Å². The Morgan fingerprint density at radius 3 is 2.75 bits per heavy atom. The third-order valence-corrected chi connectivity index (χ3v) is 7.12. The van der Waals surface area contributed by atoms with Crippen molar-refractivity contribution in [3.8, 4) is 5.75 Å². The topological polar surface area (TPSA) is 40.5 Å². The Kier molecular flexibility index (Phi) is 3.76. The first-order valence-corrected chi connectivity index (χ1v) is 9.43. The number of phenolic OH excluding ortho intramolecular Hbond substituents is 1. The highest BCUT2D eigenvalue weighted by Gasteiger charge is 2.54. The molecule has 0 saturated heterocycles. The number of carbonyl (C=O) groups excluding carboxylic acids is 1. The van der Waals surface area contributed by atoms with Crippen LogP contribution in [0.5, 0.6) is 5.75 Å². The second kappa shape index (κ2) is 5.59. The molecule has 0 amide bonds.